The molecule has 2 unspecified atom stereocenters. The number of aromatic hydroxyl groups is 1. The van der Waals surface area contributed by atoms with E-state index >= 15 is 0 Å². The third kappa shape index (κ3) is 4.85. The Hall–Kier alpha value is -1.55. The van der Waals surface area contributed by atoms with E-state index in [1.807, 2.05) is 53.7 Å². The van der Waals surface area contributed by atoms with Crippen LogP contribution in [0.25, 0.3) is 0 Å². The highest BCUT2D eigenvalue weighted by Gasteiger charge is 2.21. The molecule has 0 aromatic heterocycles. The molecule has 1 aromatic carbocycles. The van der Waals surface area contributed by atoms with Gasteiger partial charge in [0, 0.05) is 17.1 Å². The van der Waals surface area contributed by atoms with Crippen LogP contribution in [0, 0.1) is 6.92 Å². The number of aryl methyl sites for hydroxylation is 1. The Morgan fingerprint density at radius 3 is 2.40 bits per heavy atom. The second kappa shape index (κ2) is 6.27. The minimum Gasteiger partial charge on any atom is -0.508 e. The van der Waals surface area contributed by atoms with E-state index in [0.717, 1.165) is 11.1 Å². The lowest BCUT2D eigenvalue weighted by molar-refractivity contribution is -0.124. The van der Waals surface area contributed by atoms with Gasteiger partial charge in [-0.3, -0.25) is 10.1 Å². The van der Waals surface area contributed by atoms with Gasteiger partial charge in [0.15, 0.2) is 0 Å². The summed E-state index contributed by atoms with van der Waals surface area (Å²) in [5, 5.41) is 16.1. The molecule has 0 heterocycles. The summed E-state index contributed by atoms with van der Waals surface area (Å²) in [6.07, 6.45) is 0. The van der Waals surface area contributed by atoms with Crippen LogP contribution in [0.4, 0.5) is 0 Å². The van der Waals surface area contributed by atoms with Gasteiger partial charge in [0.2, 0.25) is 5.91 Å². The molecule has 1 amide bonds. The Labute approximate surface area is 121 Å². The number of hydrogen-bond donors (Lipinski definition) is 3. The molecule has 0 aliphatic heterocycles. The summed E-state index contributed by atoms with van der Waals surface area (Å²) in [6, 6.07) is 5.05. The van der Waals surface area contributed by atoms with Crippen LogP contribution in [0.2, 0.25) is 0 Å². The lowest BCUT2D eigenvalue weighted by atomic mass is 10.0. The van der Waals surface area contributed by atoms with Crippen LogP contribution < -0.4 is 10.6 Å². The lowest BCUT2D eigenvalue weighted by Crippen LogP contribution is -2.49. The largest absolute Gasteiger partial charge is 0.508 e. The zero-order chi connectivity index (χ0) is 15.5. The van der Waals surface area contributed by atoms with E-state index in [9.17, 15) is 9.90 Å². The van der Waals surface area contributed by atoms with Gasteiger partial charge in [-0.2, -0.15) is 0 Å². The molecular weight excluding hydrogens is 252 g/mol. The molecule has 0 saturated heterocycles. The summed E-state index contributed by atoms with van der Waals surface area (Å²) in [4.78, 5) is 12.0. The topological polar surface area (TPSA) is 61.4 Å². The number of amides is 1. The van der Waals surface area contributed by atoms with Crippen LogP contribution in [-0.4, -0.2) is 22.6 Å². The highest BCUT2D eigenvalue weighted by molar-refractivity contribution is 5.82. The molecule has 0 aliphatic rings. The maximum atomic E-state index is 12.0. The van der Waals surface area contributed by atoms with E-state index in [4.69, 9.17) is 0 Å². The van der Waals surface area contributed by atoms with Gasteiger partial charge in [0.05, 0.1) is 6.04 Å². The minimum atomic E-state index is -0.330. The molecule has 1 rings (SSSR count). The number of rotatable bonds is 4. The summed E-state index contributed by atoms with van der Waals surface area (Å²) in [7, 11) is 0. The van der Waals surface area contributed by atoms with E-state index in [2.05, 4.69) is 10.6 Å². The molecule has 2 atom stereocenters. The Bertz CT molecular complexity index is 478. The van der Waals surface area contributed by atoms with Gasteiger partial charge < -0.3 is 10.4 Å². The number of carbonyl (C=O) groups excluding carboxylic acids is 1. The fourth-order valence-electron chi connectivity index (χ4n) is 2.04. The van der Waals surface area contributed by atoms with Crippen LogP contribution in [-0.2, 0) is 4.79 Å². The molecule has 0 radical (unpaired) electrons. The highest BCUT2D eigenvalue weighted by Crippen LogP contribution is 2.25. The molecule has 0 saturated carbocycles. The molecule has 4 heteroatoms. The molecule has 112 valence electrons. The van der Waals surface area contributed by atoms with Gasteiger partial charge in [-0.05, 0) is 47.6 Å². The molecule has 0 fully saturated rings. The molecule has 20 heavy (non-hydrogen) atoms. The molecule has 4 nitrogen and oxygen atoms in total. The van der Waals surface area contributed by atoms with Crippen molar-refractivity contribution in [2.75, 3.05) is 0 Å². The molecule has 0 bridgehead atoms. The zero-order valence-electron chi connectivity index (χ0n) is 13.2. The molecule has 0 aliphatic carbocycles. The fraction of sp³-hybridized carbons (Fsp3) is 0.562. The van der Waals surface area contributed by atoms with Crippen LogP contribution >= 0.6 is 0 Å². The Kier molecular flexibility index (Phi) is 5.17. The first-order chi connectivity index (χ1) is 9.10. The van der Waals surface area contributed by atoms with E-state index in [-0.39, 0.29) is 29.3 Å². The second-order valence-electron chi connectivity index (χ2n) is 6.41. The number of nitrogens with one attached hydrogen (secondary N) is 2. The van der Waals surface area contributed by atoms with E-state index in [0.29, 0.717) is 0 Å². The van der Waals surface area contributed by atoms with E-state index < -0.39 is 0 Å². The first-order valence-corrected chi connectivity index (χ1v) is 6.98. The van der Waals surface area contributed by atoms with Crippen molar-refractivity contribution >= 4 is 5.91 Å². The summed E-state index contributed by atoms with van der Waals surface area (Å²) in [5.41, 5.74) is 1.64. The van der Waals surface area contributed by atoms with Gasteiger partial charge >= 0.3 is 0 Å². The van der Waals surface area contributed by atoms with E-state index in [1.165, 1.54) is 0 Å². The van der Waals surface area contributed by atoms with Crippen molar-refractivity contribution in [1.29, 1.82) is 0 Å². The van der Waals surface area contributed by atoms with Crippen LogP contribution in [0.5, 0.6) is 5.75 Å². The van der Waals surface area contributed by atoms with Crippen molar-refractivity contribution in [1.82, 2.24) is 10.6 Å². The number of phenolic OH excluding ortho intramolecular Hbond substituents is 1. The van der Waals surface area contributed by atoms with Gasteiger partial charge in [-0.1, -0.05) is 17.7 Å². The Morgan fingerprint density at radius 1 is 1.25 bits per heavy atom. The first-order valence-electron chi connectivity index (χ1n) is 6.98. The molecular formula is C16H26N2O2. The summed E-state index contributed by atoms with van der Waals surface area (Å²) < 4.78 is 0. The van der Waals surface area contributed by atoms with Crippen LogP contribution in [0.15, 0.2) is 18.2 Å². The van der Waals surface area contributed by atoms with Crippen molar-refractivity contribution in [3.63, 3.8) is 0 Å². The van der Waals surface area contributed by atoms with Gasteiger partial charge in [0.1, 0.15) is 5.75 Å². The number of benzene rings is 1. The highest BCUT2D eigenvalue weighted by atomic mass is 16.3. The van der Waals surface area contributed by atoms with Crippen LogP contribution in [0.3, 0.4) is 0 Å². The maximum absolute atomic E-state index is 12.0. The number of phenols is 1. The average Bonchev–Trinajstić information content (AvgIpc) is 2.29. The third-order valence-electron chi connectivity index (χ3n) is 3.04. The van der Waals surface area contributed by atoms with Gasteiger partial charge in [0.25, 0.3) is 0 Å². The van der Waals surface area contributed by atoms with Crippen molar-refractivity contribution in [2.45, 2.75) is 59.2 Å². The van der Waals surface area contributed by atoms with Gasteiger partial charge in [-0.25, -0.2) is 0 Å². The SMILES string of the molecule is Cc1ccc(O)c(C(C)NC(C)C(=O)NC(C)(C)C)c1. The average molecular weight is 278 g/mol. The third-order valence-corrected chi connectivity index (χ3v) is 3.04. The first kappa shape index (κ1) is 16.5. The standard InChI is InChI=1S/C16H26N2O2/c1-10-7-8-14(19)13(9-10)11(2)17-12(3)15(20)18-16(4,5)6/h7-9,11-12,17,19H,1-6H3,(H,18,20). The van der Waals surface area contributed by atoms with Crippen molar-refractivity contribution < 1.29 is 9.90 Å². The molecule has 1 aromatic rings. The smallest absolute Gasteiger partial charge is 0.237 e. The summed E-state index contributed by atoms with van der Waals surface area (Å²) in [5.74, 6) is 0.204. The summed E-state index contributed by atoms with van der Waals surface area (Å²) >= 11 is 0. The van der Waals surface area contributed by atoms with Crippen LogP contribution in [0.1, 0.15) is 51.8 Å². The zero-order valence-corrected chi connectivity index (χ0v) is 13.2. The minimum absolute atomic E-state index is 0.0449. The summed E-state index contributed by atoms with van der Waals surface area (Å²) in [6.45, 7) is 11.6. The lowest BCUT2D eigenvalue weighted by Gasteiger charge is -2.26. The second-order valence-corrected chi connectivity index (χ2v) is 6.41. The maximum Gasteiger partial charge on any atom is 0.237 e. The van der Waals surface area contributed by atoms with Crippen molar-refractivity contribution in [3.05, 3.63) is 29.3 Å². The number of carbonyl (C=O) groups is 1. The quantitative estimate of drug-likeness (QED) is 0.793. The van der Waals surface area contributed by atoms with Crippen molar-refractivity contribution in [3.8, 4) is 5.75 Å². The number of hydrogen-bond acceptors (Lipinski definition) is 3. The Morgan fingerprint density at radius 2 is 1.85 bits per heavy atom. The molecule has 3 N–H and O–H groups in total. The molecule has 0 spiro atoms. The normalized spacial score (nSPS) is 14.7. The Balaban J connectivity index is 2.72. The van der Waals surface area contributed by atoms with Gasteiger partial charge in [-0.15, -0.1) is 0 Å². The monoisotopic (exact) mass is 278 g/mol. The predicted molar refractivity (Wildman–Crippen MR) is 81.8 cm³/mol. The predicted octanol–water partition coefficient (Wildman–Crippen LogP) is 2.65. The van der Waals surface area contributed by atoms with Crippen molar-refractivity contribution in [2.24, 2.45) is 0 Å². The van der Waals surface area contributed by atoms with E-state index in [1.54, 1.807) is 6.07 Å². The fourth-order valence-corrected chi connectivity index (χ4v) is 2.04.